The molecule has 0 radical (unpaired) electrons. The molecule has 3 amide bonds. The summed E-state index contributed by atoms with van der Waals surface area (Å²) in [5.41, 5.74) is 0. The van der Waals surface area contributed by atoms with Gasteiger partial charge in [-0.15, -0.1) is 0 Å². The first kappa shape index (κ1) is 122. The maximum absolute atomic E-state index is 13.8. The zero-order valence-corrected chi connectivity index (χ0v) is 82.1. The molecule has 16 unspecified atom stereocenters. The Kier molecular flexibility index (Phi) is 55.6. The molecule has 8 fully saturated rings. The van der Waals surface area contributed by atoms with Gasteiger partial charge in [-0.3, -0.25) is 14.4 Å². The number of aliphatic hydroxyl groups is 22. The van der Waals surface area contributed by atoms with E-state index in [1.54, 1.807) is 6.08 Å². The van der Waals surface area contributed by atoms with E-state index in [9.17, 15) is 127 Å². The molecule has 44 nitrogen and oxygen atoms in total. The molecule has 8 heterocycles. The normalized spacial score (nSPS) is 38.9. The van der Waals surface area contributed by atoms with Crippen molar-refractivity contribution >= 4 is 17.7 Å². The lowest BCUT2D eigenvalue weighted by Gasteiger charge is -2.52. The second kappa shape index (κ2) is 64.0. The van der Waals surface area contributed by atoms with Crippen molar-refractivity contribution in [1.82, 2.24) is 16.0 Å². The Morgan fingerprint density at radius 2 is 0.579 bits per heavy atom. The molecule has 0 bridgehead atoms. The monoisotopic (exact) mass is 2020 g/mol. The summed E-state index contributed by atoms with van der Waals surface area (Å²) in [5, 5.41) is 258. The minimum atomic E-state index is -2.50. The van der Waals surface area contributed by atoms with E-state index in [-0.39, 0.29) is 12.3 Å². The smallest absolute Gasteiger partial charge is 0.220 e. The topological polar surface area (TPSA) is 680 Å². The zero-order chi connectivity index (χ0) is 102. The van der Waals surface area contributed by atoms with Crippen molar-refractivity contribution in [2.24, 2.45) is 0 Å². The first-order chi connectivity index (χ1) is 67.2. The fourth-order valence-electron chi connectivity index (χ4n) is 19.1. The van der Waals surface area contributed by atoms with Gasteiger partial charge in [0.2, 0.25) is 17.7 Å². The number of carbonyl (C=O) groups is 3. The highest BCUT2D eigenvalue weighted by molar-refractivity contribution is 5.76. The van der Waals surface area contributed by atoms with Crippen LogP contribution in [-0.2, 0) is 90.2 Å². The summed E-state index contributed by atoms with van der Waals surface area (Å²) < 4.78 is 98.0. The summed E-state index contributed by atoms with van der Waals surface area (Å²) >= 11 is 0. The standard InChI is InChI=1S/C96H171N3O41/c1-7-9-11-13-15-17-19-21-22-23-24-25-26-27-28-29-30-32-34-36-38-40-42-44-64(109)99-56(57(108)43-41-39-37-35-33-31-20-18-16-14-12-10-8-2)51-125-91-79(122)75(118)82(61(48-103)133-91)134-95-80(123)87(70(113)59(46-101)129-95)139-90-66(98-55(6)107)86(83(62(49-104)131-90)135-92-76(119)72(115)67(110)52(3)126-92)138-96-81(124)88(71(114)60(47-102)130-96)140-89-65(97-54(5)106)85(137-93-77(120)73(116)68(111)53(4)127-93)84(63(50-105)132-89)136-94-78(121)74(117)69(112)58(45-100)128-94/h21-22,41,43,52-53,56-63,65-96,100-105,108,110-124H,7-20,23-40,42,44-51H2,1-6H3,(H,97,106)(H,98,107)(H,99,109)/b22-21-,43-41+/t52?,53?,56-,57+,58?,59?,60?,61?,62?,63?,65?,66?,67+,68+,69-,70-,71-,72?,73?,74-,75+,76-,77-,78?,79?,80?,81?,82+,83+,84+,85+,86+,87-,88-,89-,90-,91+,92+,93+,94-,95-,96-/m0/s1. The summed E-state index contributed by atoms with van der Waals surface area (Å²) in [7, 11) is 0. The van der Waals surface area contributed by atoms with E-state index in [4.69, 9.17) is 75.8 Å². The molecule has 140 heavy (non-hydrogen) atoms. The van der Waals surface area contributed by atoms with Crippen LogP contribution >= 0.6 is 0 Å². The largest absolute Gasteiger partial charge is 0.394 e. The number of hydrogen-bond donors (Lipinski definition) is 25. The lowest BCUT2D eigenvalue weighted by atomic mass is 9.93. The van der Waals surface area contributed by atoms with E-state index in [1.807, 2.05) is 6.08 Å². The molecule has 42 atom stereocenters. The SMILES string of the molecule is CCCCCCCC/C=C\CCCCCCCCCCCCCCCC(=O)N[C@@H](CO[C@@H]1OC(CO)[C@@H](O[C@@H]2OC(CO)[C@H](O)[C@H](O[C@@H]3OC(CO)[C@@H](O[C@H]4OC(C)[C@@H](O)C(O)[C@@H]4O)[C@H](O[C@@H]4OC(CO)[C@H](O)[C@H](O[C@@H]5OC(CO)[C@@H](O[C@@H]6OC(CO)[C@H](O)[C@H](O)C6O)[C@H](O[C@H]6OC(C)[C@@H](O)C(O)[C@@H]6O)C5NC(C)=O)C4O)C3NC(C)=O)C2O)[C@H](O)C1O)[C@H](O)/C=C/CCCCCCCCCCCCC. The molecule has 816 valence electrons. The summed E-state index contributed by atoms with van der Waals surface area (Å²) in [4.78, 5) is 41.0. The average molecular weight is 2020 g/mol. The van der Waals surface area contributed by atoms with Crippen LogP contribution in [0, 0.1) is 0 Å². The molecule has 8 aliphatic heterocycles. The number of nitrogens with one attached hydrogen (secondary N) is 3. The predicted molar refractivity (Wildman–Crippen MR) is 493 cm³/mol. The molecule has 0 aromatic rings. The van der Waals surface area contributed by atoms with Gasteiger partial charge >= 0.3 is 0 Å². The average Bonchev–Trinajstić information content (AvgIpc) is 0.756. The lowest BCUT2D eigenvalue weighted by molar-refractivity contribution is -0.399. The number of allylic oxidation sites excluding steroid dienone is 3. The van der Waals surface area contributed by atoms with Crippen LogP contribution in [0.25, 0.3) is 0 Å². The van der Waals surface area contributed by atoms with Crippen molar-refractivity contribution in [3.05, 3.63) is 24.3 Å². The van der Waals surface area contributed by atoms with Crippen LogP contribution in [0.15, 0.2) is 24.3 Å². The van der Waals surface area contributed by atoms with Crippen LogP contribution in [0.5, 0.6) is 0 Å². The Morgan fingerprint density at radius 3 is 0.950 bits per heavy atom. The predicted octanol–water partition coefficient (Wildman–Crippen LogP) is -1.82. The molecule has 0 aromatic carbocycles. The maximum atomic E-state index is 13.8. The second-order valence-electron chi connectivity index (χ2n) is 38.7. The van der Waals surface area contributed by atoms with Gasteiger partial charge in [0.05, 0.1) is 70.6 Å². The van der Waals surface area contributed by atoms with E-state index in [2.05, 4.69) is 41.9 Å². The van der Waals surface area contributed by atoms with E-state index in [1.165, 1.54) is 149 Å². The van der Waals surface area contributed by atoms with Crippen LogP contribution in [0.1, 0.15) is 260 Å². The molecule has 0 aliphatic carbocycles. The molecule has 0 saturated carbocycles. The van der Waals surface area contributed by atoms with Gasteiger partial charge in [-0.25, -0.2) is 0 Å². The number of carbonyl (C=O) groups excluding carboxylic acids is 3. The van der Waals surface area contributed by atoms with Crippen LogP contribution in [0.4, 0.5) is 0 Å². The Morgan fingerprint density at radius 1 is 0.293 bits per heavy atom. The highest BCUT2D eigenvalue weighted by Crippen LogP contribution is 2.41. The van der Waals surface area contributed by atoms with Crippen LogP contribution in [-0.4, -0.2) is 434 Å². The fraction of sp³-hybridized carbons (Fsp3) is 0.927. The Balaban J connectivity index is 0.974. The molecule has 8 rings (SSSR count). The maximum Gasteiger partial charge on any atom is 0.220 e. The van der Waals surface area contributed by atoms with Gasteiger partial charge in [-0.05, 0) is 58.8 Å². The zero-order valence-electron chi connectivity index (χ0n) is 82.1. The Hall–Kier alpha value is -3.63. The molecule has 0 spiro atoms. The van der Waals surface area contributed by atoms with Gasteiger partial charge in [0, 0.05) is 20.3 Å². The lowest BCUT2D eigenvalue weighted by Crippen LogP contribution is -2.72. The minimum absolute atomic E-state index is 0.135. The van der Waals surface area contributed by atoms with E-state index >= 15 is 0 Å². The number of unbranched alkanes of at least 4 members (excludes halogenated alkanes) is 30. The van der Waals surface area contributed by atoms with Gasteiger partial charge in [0.25, 0.3) is 0 Å². The number of aliphatic hydroxyl groups excluding tert-OH is 22. The highest BCUT2D eigenvalue weighted by Gasteiger charge is 2.62. The number of amides is 3. The molecule has 8 aliphatic rings. The van der Waals surface area contributed by atoms with E-state index in [0.717, 1.165) is 78.1 Å². The van der Waals surface area contributed by atoms with Crippen molar-refractivity contribution in [3.63, 3.8) is 0 Å². The van der Waals surface area contributed by atoms with Crippen molar-refractivity contribution in [3.8, 4) is 0 Å². The van der Waals surface area contributed by atoms with E-state index in [0.29, 0.717) is 12.8 Å². The van der Waals surface area contributed by atoms with Crippen LogP contribution < -0.4 is 16.0 Å². The number of rotatable bonds is 63. The van der Waals surface area contributed by atoms with Gasteiger partial charge < -0.3 is 204 Å². The van der Waals surface area contributed by atoms with Crippen molar-refractivity contribution in [2.75, 3.05) is 46.2 Å². The molecule has 8 saturated heterocycles. The summed E-state index contributed by atoms with van der Waals surface area (Å²) in [5.74, 6) is -2.33. The van der Waals surface area contributed by atoms with Gasteiger partial charge in [-0.2, -0.15) is 0 Å². The van der Waals surface area contributed by atoms with Crippen molar-refractivity contribution in [2.45, 2.75) is 518 Å². The van der Waals surface area contributed by atoms with Crippen LogP contribution in [0.3, 0.4) is 0 Å². The van der Waals surface area contributed by atoms with Gasteiger partial charge in [0.1, 0.15) is 183 Å². The molecule has 25 N–H and O–H groups in total. The first-order valence-electron chi connectivity index (χ1n) is 51.4. The third-order valence-electron chi connectivity index (χ3n) is 27.5. The van der Waals surface area contributed by atoms with Crippen molar-refractivity contribution < 1.29 is 203 Å². The Bertz CT molecular complexity index is 3430. The first-order valence-corrected chi connectivity index (χ1v) is 51.4. The number of hydrogen-bond acceptors (Lipinski definition) is 41. The van der Waals surface area contributed by atoms with Gasteiger partial charge in [-0.1, -0.05) is 205 Å². The molecular formula is C96H171N3O41. The molecule has 0 aromatic heterocycles. The van der Waals surface area contributed by atoms with Crippen LogP contribution in [0.2, 0.25) is 0 Å². The summed E-state index contributed by atoms with van der Waals surface area (Å²) in [6.07, 6.45) is -31.9. The second-order valence-corrected chi connectivity index (χ2v) is 38.7. The Labute approximate surface area is 820 Å². The van der Waals surface area contributed by atoms with Gasteiger partial charge in [0.15, 0.2) is 50.3 Å². The third-order valence-corrected chi connectivity index (χ3v) is 27.5. The summed E-state index contributed by atoms with van der Waals surface area (Å²) in [6.45, 7) is 1.76. The number of ether oxygens (including phenoxy) is 16. The minimum Gasteiger partial charge on any atom is -0.394 e. The quantitative estimate of drug-likeness (QED) is 0.0235. The third kappa shape index (κ3) is 36.1. The van der Waals surface area contributed by atoms with E-state index < -0.39 is 316 Å². The van der Waals surface area contributed by atoms with Crippen molar-refractivity contribution in [1.29, 1.82) is 0 Å². The summed E-state index contributed by atoms with van der Waals surface area (Å²) in [6, 6.07) is -5.15. The highest BCUT2D eigenvalue weighted by atomic mass is 16.8. The molecule has 44 heteroatoms. The molecular weight excluding hydrogens is 1850 g/mol. The fourth-order valence-corrected chi connectivity index (χ4v) is 19.1.